The van der Waals surface area contributed by atoms with E-state index in [4.69, 9.17) is 0 Å². The minimum Gasteiger partial charge on any atom is -0.316 e. The van der Waals surface area contributed by atoms with Crippen LogP contribution in [0.25, 0.3) is 0 Å². The predicted molar refractivity (Wildman–Crippen MR) is 82.3 cm³/mol. The zero-order chi connectivity index (χ0) is 14.1. The van der Waals surface area contributed by atoms with Crippen LogP contribution in [-0.4, -0.2) is 32.5 Å². The van der Waals surface area contributed by atoms with Gasteiger partial charge in [0.1, 0.15) is 0 Å². The maximum Gasteiger partial charge on any atom is 0.154 e. The maximum atomic E-state index is 12.3. The predicted octanol–water partition coefficient (Wildman–Crippen LogP) is 3.29. The van der Waals surface area contributed by atoms with Crippen LogP contribution in [0.5, 0.6) is 0 Å². The number of sulfone groups is 1. The largest absolute Gasteiger partial charge is 0.316 e. The molecule has 1 rings (SSSR count). The Labute approximate surface area is 119 Å². The van der Waals surface area contributed by atoms with E-state index in [1.54, 1.807) is 6.92 Å². The van der Waals surface area contributed by atoms with Crippen LogP contribution < -0.4 is 5.32 Å². The van der Waals surface area contributed by atoms with Crippen molar-refractivity contribution in [1.82, 2.24) is 5.32 Å². The van der Waals surface area contributed by atoms with E-state index < -0.39 is 9.84 Å². The van der Waals surface area contributed by atoms with Gasteiger partial charge in [-0.25, -0.2) is 8.42 Å². The highest BCUT2D eigenvalue weighted by Gasteiger charge is 2.30. The summed E-state index contributed by atoms with van der Waals surface area (Å²) < 4.78 is 24.6. The second-order valence-electron chi connectivity index (χ2n) is 5.79. The van der Waals surface area contributed by atoms with Gasteiger partial charge < -0.3 is 5.32 Å². The van der Waals surface area contributed by atoms with Gasteiger partial charge in [-0.15, -0.1) is 0 Å². The summed E-state index contributed by atoms with van der Waals surface area (Å²) in [7, 11) is -1.02. The van der Waals surface area contributed by atoms with E-state index in [1.807, 2.05) is 7.05 Å². The van der Waals surface area contributed by atoms with Crippen molar-refractivity contribution in [2.45, 2.75) is 82.4 Å². The van der Waals surface area contributed by atoms with Gasteiger partial charge in [0, 0.05) is 11.8 Å². The lowest BCUT2D eigenvalue weighted by Gasteiger charge is -2.27. The molecule has 0 amide bonds. The molecule has 1 aliphatic rings. The Hall–Kier alpha value is -0.0900. The molecule has 1 saturated carbocycles. The van der Waals surface area contributed by atoms with Gasteiger partial charge >= 0.3 is 0 Å². The lowest BCUT2D eigenvalue weighted by atomic mass is 9.97. The summed E-state index contributed by atoms with van der Waals surface area (Å²) in [5.74, 6) is 0.274. The highest BCUT2D eigenvalue weighted by atomic mass is 32.2. The van der Waals surface area contributed by atoms with Gasteiger partial charge in [-0.1, -0.05) is 58.3 Å². The van der Waals surface area contributed by atoms with E-state index in [1.165, 1.54) is 38.5 Å². The van der Waals surface area contributed by atoms with E-state index in [0.29, 0.717) is 0 Å². The van der Waals surface area contributed by atoms with Crippen LogP contribution in [0.4, 0.5) is 0 Å². The van der Waals surface area contributed by atoms with Crippen molar-refractivity contribution in [3.05, 3.63) is 0 Å². The van der Waals surface area contributed by atoms with Gasteiger partial charge in [-0.3, -0.25) is 0 Å². The van der Waals surface area contributed by atoms with Crippen LogP contribution in [0.3, 0.4) is 0 Å². The summed E-state index contributed by atoms with van der Waals surface area (Å²) in [6.07, 6.45) is 11.7. The molecule has 3 nitrogen and oxygen atoms in total. The van der Waals surface area contributed by atoms with Crippen LogP contribution in [0.15, 0.2) is 0 Å². The Kier molecular flexibility index (Phi) is 8.00. The first-order chi connectivity index (χ1) is 9.11. The van der Waals surface area contributed by atoms with Crippen LogP contribution in [0, 0.1) is 0 Å². The van der Waals surface area contributed by atoms with Crippen LogP contribution in [-0.2, 0) is 9.84 Å². The lowest BCUT2D eigenvalue weighted by Crippen LogP contribution is -2.43. The van der Waals surface area contributed by atoms with Crippen molar-refractivity contribution in [2.24, 2.45) is 0 Å². The van der Waals surface area contributed by atoms with Crippen molar-refractivity contribution < 1.29 is 8.42 Å². The Bertz CT molecular complexity index is 327. The molecule has 19 heavy (non-hydrogen) atoms. The van der Waals surface area contributed by atoms with E-state index >= 15 is 0 Å². The topological polar surface area (TPSA) is 46.2 Å². The summed E-state index contributed by atoms with van der Waals surface area (Å²) in [6.45, 7) is 1.78. The van der Waals surface area contributed by atoms with Crippen molar-refractivity contribution >= 4 is 9.84 Å². The van der Waals surface area contributed by atoms with Gasteiger partial charge in [-0.2, -0.15) is 0 Å². The number of hydrogen-bond acceptors (Lipinski definition) is 3. The third-order valence-electron chi connectivity index (χ3n) is 4.44. The molecule has 0 spiro atoms. The molecule has 1 N–H and O–H groups in total. The fourth-order valence-corrected chi connectivity index (χ4v) is 4.86. The molecule has 0 saturated heterocycles. The van der Waals surface area contributed by atoms with Crippen molar-refractivity contribution in [2.75, 3.05) is 12.8 Å². The summed E-state index contributed by atoms with van der Waals surface area (Å²) in [4.78, 5) is 0. The Morgan fingerprint density at radius 1 is 0.895 bits per heavy atom. The summed E-state index contributed by atoms with van der Waals surface area (Å²) in [5, 5.41) is 3.09. The van der Waals surface area contributed by atoms with Gasteiger partial charge in [0.15, 0.2) is 9.84 Å². The molecule has 0 aromatic rings. The molecule has 2 unspecified atom stereocenters. The highest BCUT2D eigenvalue weighted by molar-refractivity contribution is 7.92. The second kappa shape index (κ2) is 8.96. The number of nitrogens with one attached hydrogen (secondary N) is 1. The van der Waals surface area contributed by atoms with Crippen LogP contribution in [0.2, 0.25) is 0 Å². The monoisotopic (exact) mass is 289 g/mol. The molecule has 1 fully saturated rings. The third kappa shape index (κ3) is 5.82. The normalized spacial score (nSPS) is 28.3. The van der Waals surface area contributed by atoms with Gasteiger partial charge in [0.2, 0.25) is 0 Å². The molecule has 0 aromatic heterocycles. The smallest absolute Gasteiger partial charge is 0.154 e. The molecule has 0 aliphatic heterocycles. The Balaban J connectivity index is 2.72. The Morgan fingerprint density at radius 3 is 1.84 bits per heavy atom. The maximum absolute atomic E-state index is 12.3. The van der Waals surface area contributed by atoms with E-state index in [0.717, 1.165) is 25.7 Å². The molecule has 2 atom stereocenters. The van der Waals surface area contributed by atoms with E-state index in [2.05, 4.69) is 5.32 Å². The van der Waals surface area contributed by atoms with Crippen LogP contribution in [0.1, 0.15) is 71.1 Å². The molecule has 0 heterocycles. The molecular weight excluding hydrogens is 258 g/mol. The number of rotatable bonds is 3. The first-order valence-corrected chi connectivity index (χ1v) is 9.72. The van der Waals surface area contributed by atoms with Crippen LogP contribution >= 0.6 is 0 Å². The van der Waals surface area contributed by atoms with Gasteiger partial charge in [-0.05, 0) is 19.9 Å². The SMILES string of the molecule is CCS(=O)(=O)C1CCCCCCCCCCC1NC. The minimum absolute atomic E-state index is 0.143. The van der Waals surface area contributed by atoms with Crippen molar-refractivity contribution in [1.29, 1.82) is 0 Å². The molecule has 4 heteroatoms. The minimum atomic E-state index is -2.93. The van der Waals surface area contributed by atoms with Crippen molar-refractivity contribution in [3.63, 3.8) is 0 Å². The summed E-state index contributed by atoms with van der Waals surface area (Å²) in [5.41, 5.74) is 0. The fraction of sp³-hybridized carbons (Fsp3) is 1.00. The van der Waals surface area contributed by atoms with Gasteiger partial charge in [0.05, 0.1) is 5.25 Å². The zero-order valence-electron chi connectivity index (χ0n) is 12.7. The first-order valence-electron chi connectivity index (χ1n) is 8.00. The third-order valence-corrected chi connectivity index (χ3v) is 6.73. The van der Waals surface area contributed by atoms with E-state index in [9.17, 15) is 8.42 Å². The average molecular weight is 289 g/mol. The average Bonchev–Trinajstić information content (AvgIpc) is 2.39. The molecule has 0 aromatic carbocycles. The molecule has 114 valence electrons. The summed E-state index contributed by atoms with van der Waals surface area (Å²) >= 11 is 0. The van der Waals surface area contributed by atoms with E-state index in [-0.39, 0.29) is 17.0 Å². The first kappa shape index (κ1) is 17.0. The lowest BCUT2D eigenvalue weighted by molar-refractivity contribution is 0.419. The van der Waals surface area contributed by atoms with Gasteiger partial charge in [0.25, 0.3) is 0 Å². The molecule has 1 aliphatic carbocycles. The molecular formula is C15H31NO2S. The Morgan fingerprint density at radius 2 is 1.37 bits per heavy atom. The second-order valence-corrected chi connectivity index (χ2v) is 8.30. The molecule has 0 bridgehead atoms. The zero-order valence-corrected chi connectivity index (χ0v) is 13.5. The standard InChI is InChI=1S/C15H31NO2S/c1-3-19(17,18)15-13-11-9-7-5-4-6-8-10-12-14(15)16-2/h14-16H,3-13H2,1-2H3. The fourth-order valence-electron chi connectivity index (χ4n) is 3.13. The summed E-state index contributed by atoms with van der Waals surface area (Å²) in [6, 6.07) is 0.143. The quantitative estimate of drug-likeness (QED) is 0.867. The number of hydrogen-bond donors (Lipinski definition) is 1. The molecule has 0 radical (unpaired) electrons. The highest BCUT2D eigenvalue weighted by Crippen LogP contribution is 2.22. The van der Waals surface area contributed by atoms with Crippen molar-refractivity contribution in [3.8, 4) is 0 Å².